The second-order valence-electron chi connectivity index (χ2n) is 11.4. The van der Waals surface area contributed by atoms with Gasteiger partial charge in [-0.1, -0.05) is 20.8 Å². The van der Waals surface area contributed by atoms with E-state index in [1.807, 2.05) is 0 Å². The zero-order valence-corrected chi connectivity index (χ0v) is 18.3. The van der Waals surface area contributed by atoms with E-state index in [0.717, 1.165) is 44.9 Å². The highest BCUT2D eigenvalue weighted by molar-refractivity contribution is 5.66. The number of hydrogen-bond acceptors (Lipinski definition) is 4. The molecule has 0 radical (unpaired) electrons. The molecule has 6 unspecified atom stereocenters. The maximum absolute atomic E-state index is 11.5. The van der Waals surface area contributed by atoms with Gasteiger partial charge in [0.15, 0.2) is 0 Å². The van der Waals surface area contributed by atoms with Gasteiger partial charge < -0.3 is 20.4 Å². The molecule has 0 aromatic heterocycles. The first-order valence-corrected chi connectivity index (χ1v) is 11.8. The molecule has 0 saturated heterocycles. The third-order valence-electron chi connectivity index (χ3n) is 10.3. The van der Waals surface area contributed by atoms with E-state index in [9.17, 15) is 20.1 Å². The zero-order valence-electron chi connectivity index (χ0n) is 18.3. The van der Waals surface area contributed by atoms with Crippen molar-refractivity contribution in [2.24, 2.45) is 46.3 Å². The Morgan fingerprint density at radius 3 is 2.45 bits per heavy atom. The molecule has 0 aromatic rings. The van der Waals surface area contributed by atoms with Gasteiger partial charge >= 0.3 is 5.97 Å². The van der Waals surface area contributed by atoms with Crippen molar-refractivity contribution in [2.75, 3.05) is 0 Å². The van der Waals surface area contributed by atoms with Crippen molar-refractivity contribution >= 4 is 5.97 Å². The first-order valence-electron chi connectivity index (χ1n) is 11.8. The number of rotatable bonds is 4. The fourth-order valence-electron chi connectivity index (χ4n) is 8.68. The van der Waals surface area contributed by atoms with Gasteiger partial charge in [0.2, 0.25) is 0 Å². The van der Waals surface area contributed by atoms with Crippen molar-refractivity contribution in [2.45, 2.75) is 96.9 Å². The fraction of sp³-hybridized carbons (Fsp3) is 0.958. The van der Waals surface area contributed by atoms with Gasteiger partial charge in [-0.05, 0) is 97.7 Å². The number of aliphatic hydroxyl groups is 3. The molecular formula is C24H40O5. The predicted octanol–water partition coefficient (Wildman–Crippen LogP) is 3.45. The average molecular weight is 409 g/mol. The van der Waals surface area contributed by atoms with Crippen LogP contribution in [-0.2, 0) is 4.79 Å². The van der Waals surface area contributed by atoms with Crippen LogP contribution in [0.1, 0.15) is 78.6 Å². The summed E-state index contributed by atoms with van der Waals surface area (Å²) >= 11 is 0. The smallest absolute Gasteiger partial charge is 0.303 e. The van der Waals surface area contributed by atoms with Crippen molar-refractivity contribution in [3.05, 3.63) is 0 Å². The third-order valence-corrected chi connectivity index (χ3v) is 10.3. The second kappa shape index (κ2) is 7.49. The van der Waals surface area contributed by atoms with Crippen LogP contribution in [0, 0.1) is 46.3 Å². The van der Waals surface area contributed by atoms with Crippen LogP contribution in [0.5, 0.6) is 0 Å². The molecule has 29 heavy (non-hydrogen) atoms. The van der Waals surface area contributed by atoms with Crippen molar-refractivity contribution in [1.29, 1.82) is 0 Å². The summed E-state index contributed by atoms with van der Waals surface area (Å²) in [5, 5.41) is 42.0. The molecule has 0 bridgehead atoms. The van der Waals surface area contributed by atoms with Gasteiger partial charge in [0.25, 0.3) is 0 Å². The van der Waals surface area contributed by atoms with Crippen molar-refractivity contribution in [3.63, 3.8) is 0 Å². The molecular weight excluding hydrogens is 368 g/mol. The lowest BCUT2D eigenvalue weighted by molar-refractivity contribution is -0.207. The number of carboxylic acids is 1. The summed E-state index contributed by atoms with van der Waals surface area (Å²) in [5.74, 6) is 0.997. The van der Waals surface area contributed by atoms with Crippen LogP contribution in [0.15, 0.2) is 0 Å². The molecule has 0 heterocycles. The molecule has 5 heteroatoms. The van der Waals surface area contributed by atoms with Gasteiger partial charge in [0.05, 0.1) is 18.3 Å². The van der Waals surface area contributed by atoms with Crippen LogP contribution in [0.2, 0.25) is 0 Å². The Morgan fingerprint density at radius 2 is 1.76 bits per heavy atom. The average Bonchev–Trinajstić information content (AvgIpc) is 3.01. The van der Waals surface area contributed by atoms with Gasteiger partial charge in [0, 0.05) is 6.42 Å². The lowest BCUT2D eigenvalue weighted by atomic mass is 9.43. The maximum Gasteiger partial charge on any atom is 0.303 e. The lowest BCUT2D eigenvalue weighted by Crippen LogP contribution is -2.62. The Bertz CT molecular complexity index is 637. The summed E-state index contributed by atoms with van der Waals surface area (Å²) < 4.78 is 0. The maximum atomic E-state index is 11.5. The van der Waals surface area contributed by atoms with Gasteiger partial charge in [0.1, 0.15) is 0 Å². The van der Waals surface area contributed by atoms with E-state index >= 15 is 0 Å². The first kappa shape index (κ1) is 21.6. The van der Waals surface area contributed by atoms with Gasteiger partial charge in [-0.2, -0.15) is 0 Å². The van der Waals surface area contributed by atoms with Gasteiger partial charge in [-0.3, -0.25) is 4.79 Å². The normalized spacial score (nSPS) is 52.9. The van der Waals surface area contributed by atoms with Gasteiger partial charge in [-0.15, -0.1) is 0 Å². The number of fused-ring (bicyclic) bond motifs is 5. The summed E-state index contributed by atoms with van der Waals surface area (Å²) in [6, 6.07) is 0. The van der Waals surface area contributed by atoms with Crippen molar-refractivity contribution in [3.8, 4) is 0 Å². The first-order chi connectivity index (χ1) is 13.6. The highest BCUT2D eigenvalue weighted by Gasteiger charge is 2.65. The highest BCUT2D eigenvalue weighted by Crippen LogP contribution is 2.68. The van der Waals surface area contributed by atoms with Crippen molar-refractivity contribution < 1.29 is 25.2 Å². The Balaban J connectivity index is 1.61. The molecule has 4 aliphatic rings. The monoisotopic (exact) mass is 408 g/mol. The highest BCUT2D eigenvalue weighted by atomic mass is 16.4. The molecule has 0 amide bonds. The van der Waals surface area contributed by atoms with Crippen LogP contribution < -0.4 is 0 Å². The number of carbonyl (C=O) groups is 1. The minimum absolute atomic E-state index is 0.0957. The second-order valence-corrected chi connectivity index (χ2v) is 11.4. The van der Waals surface area contributed by atoms with E-state index in [0.29, 0.717) is 30.1 Å². The van der Waals surface area contributed by atoms with Crippen LogP contribution in [0.3, 0.4) is 0 Å². The summed E-state index contributed by atoms with van der Waals surface area (Å²) in [5.41, 5.74) is -0.143. The molecule has 0 aliphatic heterocycles. The zero-order chi connectivity index (χ0) is 21.1. The number of carboxylic acid groups (broad SMARTS) is 1. The van der Waals surface area contributed by atoms with Gasteiger partial charge in [-0.25, -0.2) is 0 Å². The molecule has 4 aliphatic carbocycles. The van der Waals surface area contributed by atoms with Crippen LogP contribution >= 0.6 is 0 Å². The molecule has 4 N–H and O–H groups in total. The van der Waals surface area contributed by atoms with Crippen molar-refractivity contribution in [1.82, 2.24) is 0 Å². The quantitative estimate of drug-likeness (QED) is 0.571. The summed E-state index contributed by atoms with van der Waals surface area (Å²) in [6.45, 7) is 6.72. The van der Waals surface area contributed by atoms with E-state index in [-0.39, 0.29) is 41.3 Å². The van der Waals surface area contributed by atoms with Crippen LogP contribution in [0.25, 0.3) is 0 Å². The SMILES string of the molecule is C[C@@H](CCC(=O)O)[C@@H]1CCC2C3C(C[C@H](O)C21C)C1(C)CC[C@H](O)CC1C[C@H]3O. The van der Waals surface area contributed by atoms with E-state index in [1.54, 1.807) is 0 Å². The topological polar surface area (TPSA) is 98.0 Å². The Kier molecular flexibility index (Phi) is 5.57. The number of aliphatic hydroxyl groups excluding tert-OH is 3. The summed E-state index contributed by atoms with van der Waals surface area (Å²) in [6.07, 6.45) is 6.00. The Labute approximate surface area is 174 Å². The largest absolute Gasteiger partial charge is 0.481 e. The molecule has 4 fully saturated rings. The predicted molar refractivity (Wildman–Crippen MR) is 110 cm³/mol. The minimum atomic E-state index is -0.748. The fourth-order valence-corrected chi connectivity index (χ4v) is 8.68. The minimum Gasteiger partial charge on any atom is -0.481 e. The number of aliphatic carboxylic acids is 1. The van der Waals surface area contributed by atoms with E-state index in [2.05, 4.69) is 20.8 Å². The molecule has 0 aromatic carbocycles. The molecule has 5 nitrogen and oxygen atoms in total. The number of hydrogen-bond donors (Lipinski definition) is 4. The molecule has 4 rings (SSSR count). The Morgan fingerprint density at radius 1 is 1.03 bits per heavy atom. The summed E-state index contributed by atoms with van der Waals surface area (Å²) in [4.78, 5) is 11.1. The Hall–Kier alpha value is -0.650. The standard InChI is InChI=1S/C24H40O5/c1-13(4-7-21(28)29)16-5-6-17-22-18(12-20(27)24(16,17)3)23(2)9-8-15(25)10-14(23)11-19(22)26/h13-20,22,25-27H,4-12H2,1-3H3,(H,28,29)/t13-,14?,15-,16-,17?,18?,19+,20-,22?,23?,24?/m0/s1. The van der Waals surface area contributed by atoms with E-state index < -0.39 is 12.1 Å². The third kappa shape index (κ3) is 3.27. The van der Waals surface area contributed by atoms with E-state index in [1.165, 1.54) is 0 Å². The van der Waals surface area contributed by atoms with E-state index in [4.69, 9.17) is 5.11 Å². The van der Waals surface area contributed by atoms with Crippen LogP contribution in [0.4, 0.5) is 0 Å². The summed E-state index contributed by atoms with van der Waals surface area (Å²) in [7, 11) is 0. The van der Waals surface area contributed by atoms with Crippen LogP contribution in [-0.4, -0.2) is 44.7 Å². The molecule has 4 saturated carbocycles. The molecule has 11 atom stereocenters. The molecule has 0 spiro atoms. The molecule has 166 valence electrons. The lowest BCUT2D eigenvalue weighted by Gasteiger charge is -2.63.